The van der Waals surface area contributed by atoms with Crippen molar-refractivity contribution < 1.29 is 27.5 Å². The fraction of sp³-hybridized carbons (Fsp3) is 0.559. The molecule has 1 unspecified atom stereocenters. The topological polar surface area (TPSA) is 79.7 Å². The number of rotatable bonds is 8. The van der Waals surface area contributed by atoms with E-state index in [9.17, 15) is 22.8 Å². The average Bonchev–Trinajstić information content (AvgIpc) is 3.34. The highest BCUT2D eigenvalue weighted by Crippen LogP contribution is 2.43. The van der Waals surface area contributed by atoms with E-state index in [1.165, 1.54) is 12.1 Å². The van der Waals surface area contributed by atoms with E-state index >= 15 is 0 Å². The molecule has 8 nitrogen and oxygen atoms in total. The van der Waals surface area contributed by atoms with E-state index in [2.05, 4.69) is 44.0 Å². The maximum atomic E-state index is 13.6. The summed E-state index contributed by atoms with van der Waals surface area (Å²) < 4.78 is 48.5. The third-order valence-electron chi connectivity index (χ3n) is 9.81. The maximum Gasteiger partial charge on any atom is 0.421 e. The van der Waals surface area contributed by atoms with Crippen molar-refractivity contribution in [3.05, 3.63) is 52.1 Å². The summed E-state index contributed by atoms with van der Waals surface area (Å²) in [6, 6.07) is 10.6. The molecule has 1 saturated carbocycles. The highest BCUT2D eigenvalue weighted by molar-refractivity contribution is 9.10. The van der Waals surface area contributed by atoms with Crippen molar-refractivity contribution in [3.8, 4) is 5.75 Å². The summed E-state index contributed by atoms with van der Waals surface area (Å²) in [5.41, 5.74) is 2.12. The molecule has 46 heavy (non-hydrogen) atoms. The van der Waals surface area contributed by atoms with Crippen molar-refractivity contribution in [1.29, 1.82) is 0 Å². The molecule has 248 valence electrons. The first kappa shape index (κ1) is 32.8. The van der Waals surface area contributed by atoms with Gasteiger partial charge in [0, 0.05) is 56.1 Å². The van der Waals surface area contributed by atoms with Crippen LogP contribution in [0.1, 0.15) is 69.0 Å². The Bertz CT molecular complexity index is 1580. The van der Waals surface area contributed by atoms with Gasteiger partial charge < -0.3 is 9.64 Å². The van der Waals surface area contributed by atoms with Gasteiger partial charge in [-0.25, -0.2) is 0 Å². The Hall–Kier alpha value is -3.12. The molecule has 1 N–H and O–H groups in total. The molecule has 2 amide bonds. The number of nitrogens with one attached hydrogen (secondary N) is 1. The van der Waals surface area contributed by atoms with E-state index in [1.807, 2.05) is 23.9 Å². The number of hydrogen-bond acceptors (Lipinski definition) is 6. The number of para-hydroxylation sites is 1. The molecule has 1 aromatic heterocycles. The van der Waals surface area contributed by atoms with Crippen molar-refractivity contribution >= 4 is 44.3 Å². The molecule has 2 saturated heterocycles. The number of hydrogen-bond donors (Lipinski definition) is 1. The van der Waals surface area contributed by atoms with Crippen LogP contribution in [0.3, 0.4) is 0 Å². The number of ether oxygens (including phenoxy) is 1. The van der Waals surface area contributed by atoms with Crippen LogP contribution in [-0.2, 0) is 22.8 Å². The summed E-state index contributed by atoms with van der Waals surface area (Å²) in [6.45, 7) is 7.01. The van der Waals surface area contributed by atoms with Crippen LogP contribution in [0.15, 0.2) is 40.9 Å². The van der Waals surface area contributed by atoms with E-state index in [1.54, 1.807) is 6.07 Å². The number of benzene rings is 2. The quantitative estimate of drug-likeness (QED) is 0.265. The number of piperidine rings is 1. The third kappa shape index (κ3) is 7.07. The zero-order valence-corrected chi connectivity index (χ0v) is 27.9. The molecule has 3 heterocycles. The van der Waals surface area contributed by atoms with E-state index in [0.29, 0.717) is 24.7 Å². The van der Waals surface area contributed by atoms with Crippen LogP contribution in [0.5, 0.6) is 5.75 Å². The summed E-state index contributed by atoms with van der Waals surface area (Å²) in [7, 11) is 1.92. The van der Waals surface area contributed by atoms with Crippen molar-refractivity contribution in [3.63, 3.8) is 0 Å². The Labute approximate surface area is 275 Å². The van der Waals surface area contributed by atoms with Gasteiger partial charge >= 0.3 is 6.18 Å². The summed E-state index contributed by atoms with van der Waals surface area (Å²) in [5.74, 6) is 0.0632. The number of carbonyl (C=O) groups excluding carboxylic acids is 2. The van der Waals surface area contributed by atoms with Gasteiger partial charge in [0.1, 0.15) is 11.3 Å². The number of carbonyl (C=O) groups is 2. The maximum absolute atomic E-state index is 13.6. The van der Waals surface area contributed by atoms with E-state index in [-0.39, 0.29) is 28.1 Å². The summed E-state index contributed by atoms with van der Waals surface area (Å²) in [5, 5.41) is 8.17. The van der Waals surface area contributed by atoms with Gasteiger partial charge in [0.15, 0.2) is 0 Å². The van der Waals surface area contributed by atoms with Gasteiger partial charge in [-0.2, -0.15) is 18.3 Å². The first-order valence-corrected chi connectivity index (χ1v) is 17.1. The van der Waals surface area contributed by atoms with E-state index in [0.717, 1.165) is 87.1 Å². The second kappa shape index (κ2) is 13.5. The Morgan fingerprint density at radius 3 is 2.43 bits per heavy atom. The van der Waals surface area contributed by atoms with Crippen LogP contribution in [0.4, 0.5) is 18.9 Å². The van der Waals surface area contributed by atoms with Crippen molar-refractivity contribution in [2.24, 2.45) is 18.9 Å². The minimum absolute atomic E-state index is 0.00814. The molecule has 3 aromatic rings. The molecule has 0 bridgehead atoms. The number of anilines is 1. The van der Waals surface area contributed by atoms with Crippen LogP contribution < -0.4 is 15.0 Å². The molecule has 3 fully saturated rings. The number of amides is 2. The molecule has 2 aliphatic heterocycles. The Kier molecular flexibility index (Phi) is 9.66. The summed E-state index contributed by atoms with van der Waals surface area (Å²) in [6.07, 6.45) is 0.705. The number of piperazine rings is 1. The highest BCUT2D eigenvalue weighted by Gasteiger charge is 2.38. The van der Waals surface area contributed by atoms with Gasteiger partial charge in [-0.1, -0.05) is 41.1 Å². The number of aromatic nitrogens is 2. The first-order valence-electron chi connectivity index (χ1n) is 16.3. The summed E-state index contributed by atoms with van der Waals surface area (Å²) in [4.78, 5) is 29.2. The lowest BCUT2D eigenvalue weighted by atomic mass is 9.82. The largest absolute Gasteiger partial charge is 0.490 e. The molecule has 0 spiro atoms. The van der Waals surface area contributed by atoms with E-state index < -0.39 is 17.7 Å². The van der Waals surface area contributed by atoms with E-state index in [4.69, 9.17) is 9.84 Å². The van der Waals surface area contributed by atoms with Crippen LogP contribution in [0, 0.1) is 11.8 Å². The minimum Gasteiger partial charge on any atom is -0.490 e. The molecule has 0 radical (unpaired) electrons. The number of halogens is 4. The first-order chi connectivity index (χ1) is 22.0. The second-order valence-corrected chi connectivity index (χ2v) is 14.0. The predicted octanol–water partition coefficient (Wildman–Crippen LogP) is 6.66. The number of alkyl halides is 3. The molecule has 6 rings (SSSR count). The molecule has 3 aliphatic rings. The van der Waals surface area contributed by atoms with Gasteiger partial charge in [-0.05, 0) is 68.6 Å². The van der Waals surface area contributed by atoms with Gasteiger partial charge in [0.25, 0.3) is 0 Å². The van der Waals surface area contributed by atoms with Crippen LogP contribution in [0.2, 0.25) is 0 Å². The molecular formula is C34H41BrF3N5O3. The van der Waals surface area contributed by atoms with Gasteiger partial charge in [0.2, 0.25) is 11.8 Å². The zero-order chi connectivity index (χ0) is 32.6. The monoisotopic (exact) mass is 703 g/mol. The Morgan fingerprint density at radius 2 is 1.74 bits per heavy atom. The van der Waals surface area contributed by atoms with Crippen molar-refractivity contribution in [1.82, 2.24) is 20.0 Å². The predicted molar refractivity (Wildman–Crippen MR) is 174 cm³/mol. The van der Waals surface area contributed by atoms with Gasteiger partial charge in [0.05, 0.1) is 28.9 Å². The lowest BCUT2D eigenvalue weighted by molar-refractivity contribution is -0.140. The fourth-order valence-electron chi connectivity index (χ4n) is 7.61. The van der Waals surface area contributed by atoms with Crippen molar-refractivity contribution in [2.45, 2.75) is 70.1 Å². The standard InChI is InChI=1S/C34H41BrF3N5O3/c1-21(19-22-9-11-23(12-10-22)46-28-8-4-6-26(35)30(28)34(36,37)38)20-42-15-17-43(18-16-42)27-7-3-5-24-31(40-41(2)32(24)27)25-13-14-29(44)39-33(25)45/h3-8,21-23,25H,9-20H2,1-2H3,(H,39,44,45)/t21-,22?,23?,25?/m0/s1. The molecule has 2 aromatic carbocycles. The number of fused-ring (bicyclic) bond motifs is 1. The second-order valence-electron chi connectivity index (χ2n) is 13.2. The van der Waals surface area contributed by atoms with Crippen LogP contribution >= 0.6 is 15.9 Å². The normalized spacial score (nSPS) is 23.9. The third-order valence-corrected chi connectivity index (χ3v) is 10.5. The zero-order valence-electron chi connectivity index (χ0n) is 26.3. The van der Waals surface area contributed by atoms with Crippen molar-refractivity contribution in [2.75, 3.05) is 37.6 Å². The SMILES string of the molecule is C[C@@H](CC1CCC(Oc2cccc(Br)c2C(F)(F)F)CC1)CN1CCN(c2cccc3c(C4CCC(=O)NC4=O)nn(C)c23)CC1. The van der Waals surface area contributed by atoms with Crippen LogP contribution in [-0.4, -0.2) is 65.3 Å². The Morgan fingerprint density at radius 1 is 1.02 bits per heavy atom. The minimum atomic E-state index is -4.47. The lowest BCUT2D eigenvalue weighted by Gasteiger charge is -2.38. The fourth-order valence-corrected chi connectivity index (χ4v) is 8.18. The van der Waals surface area contributed by atoms with Gasteiger partial charge in [-0.15, -0.1) is 0 Å². The highest BCUT2D eigenvalue weighted by atomic mass is 79.9. The molecule has 1 aliphatic carbocycles. The molecular weight excluding hydrogens is 663 g/mol. The van der Waals surface area contributed by atoms with Gasteiger partial charge in [-0.3, -0.25) is 24.5 Å². The number of aryl methyl sites for hydroxylation is 1. The summed E-state index contributed by atoms with van der Waals surface area (Å²) >= 11 is 3.04. The molecule has 12 heteroatoms. The smallest absolute Gasteiger partial charge is 0.421 e. The average molecular weight is 705 g/mol. The Balaban J connectivity index is 0.993. The van der Waals surface area contributed by atoms with Crippen LogP contribution in [0.25, 0.3) is 10.9 Å². The number of nitrogens with zero attached hydrogens (tertiary/aromatic N) is 4. The lowest BCUT2D eigenvalue weighted by Crippen LogP contribution is -2.47. The number of imide groups is 1. The molecule has 2 atom stereocenters.